The average molecular weight is 258 g/mol. The largest absolute Gasteiger partial charge is 0.337 e. The Morgan fingerprint density at radius 2 is 1.89 bits per heavy atom. The van der Waals surface area contributed by atoms with Crippen LogP contribution < -0.4 is 0 Å². The summed E-state index contributed by atoms with van der Waals surface area (Å²) in [7, 11) is 0. The van der Waals surface area contributed by atoms with Crippen LogP contribution in [0.3, 0.4) is 0 Å². The van der Waals surface area contributed by atoms with E-state index in [1.807, 2.05) is 23.1 Å². The van der Waals surface area contributed by atoms with Crippen LogP contribution in [-0.4, -0.2) is 28.9 Å². The number of rotatable bonds is 1. The highest BCUT2D eigenvalue weighted by molar-refractivity contribution is 5.92. The molecule has 102 valence electrons. The molecule has 2 heterocycles. The van der Waals surface area contributed by atoms with E-state index in [1.165, 1.54) is 38.5 Å². The molecule has 1 aromatic heterocycles. The van der Waals surface area contributed by atoms with Crippen molar-refractivity contribution in [2.75, 3.05) is 13.1 Å². The van der Waals surface area contributed by atoms with Gasteiger partial charge >= 0.3 is 0 Å². The van der Waals surface area contributed by atoms with Crippen LogP contribution in [0.1, 0.15) is 55.4 Å². The Kier molecular flexibility index (Phi) is 3.54. The smallest absolute Gasteiger partial charge is 0.272 e. The van der Waals surface area contributed by atoms with Crippen molar-refractivity contribution < 1.29 is 4.79 Å². The number of hydrogen-bond acceptors (Lipinski definition) is 2. The van der Waals surface area contributed by atoms with Gasteiger partial charge in [-0.1, -0.05) is 25.3 Å². The molecule has 1 aromatic rings. The molecule has 2 fully saturated rings. The van der Waals surface area contributed by atoms with E-state index in [2.05, 4.69) is 4.98 Å². The molecule has 1 spiro atoms. The van der Waals surface area contributed by atoms with Crippen molar-refractivity contribution in [2.45, 2.75) is 44.9 Å². The van der Waals surface area contributed by atoms with Crippen molar-refractivity contribution in [1.29, 1.82) is 0 Å². The molecule has 1 saturated heterocycles. The van der Waals surface area contributed by atoms with Gasteiger partial charge in [-0.3, -0.25) is 9.78 Å². The van der Waals surface area contributed by atoms with E-state index in [0.717, 1.165) is 19.5 Å². The Hall–Kier alpha value is -1.38. The number of piperidine rings is 1. The molecule has 0 atom stereocenters. The van der Waals surface area contributed by atoms with Gasteiger partial charge in [0.1, 0.15) is 5.69 Å². The van der Waals surface area contributed by atoms with Crippen molar-refractivity contribution in [1.82, 2.24) is 9.88 Å². The molecule has 0 aromatic carbocycles. The number of amides is 1. The van der Waals surface area contributed by atoms with E-state index in [-0.39, 0.29) is 5.91 Å². The molecule has 3 heteroatoms. The molecule has 0 unspecified atom stereocenters. The molecule has 3 nitrogen and oxygen atoms in total. The number of hydrogen-bond donors (Lipinski definition) is 0. The summed E-state index contributed by atoms with van der Waals surface area (Å²) in [6.07, 6.45) is 10.8. The maximum atomic E-state index is 12.5. The summed E-state index contributed by atoms with van der Waals surface area (Å²) in [5.41, 5.74) is 1.01. The second-order valence-electron chi connectivity index (χ2n) is 6.11. The Morgan fingerprint density at radius 1 is 1.11 bits per heavy atom. The second-order valence-corrected chi connectivity index (χ2v) is 6.11. The highest BCUT2D eigenvalue weighted by Crippen LogP contribution is 2.43. The summed E-state index contributed by atoms with van der Waals surface area (Å²) in [6, 6.07) is 5.57. The third-order valence-corrected chi connectivity index (χ3v) is 4.75. The number of pyridine rings is 1. The fraction of sp³-hybridized carbons (Fsp3) is 0.625. The molecule has 1 aliphatic carbocycles. The van der Waals surface area contributed by atoms with Crippen molar-refractivity contribution in [3.05, 3.63) is 30.1 Å². The normalized spacial score (nSPS) is 22.4. The minimum Gasteiger partial charge on any atom is -0.337 e. The summed E-state index contributed by atoms with van der Waals surface area (Å²) >= 11 is 0. The molecular formula is C16H22N2O. The Bertz CT molecular complexity index is 432. The van der Waals surface area contributed by atoms with Gasteiger partial charge in [-0.2, -0.15) is 0 Å². The molecule has 1 saturated carbocycles. The van der Waals surface area contributed by atoms with E-state index in [1.54, 1.807) is 6.20 Å². The summed E-state index contributed by atoms with van der Waals surface area (Å²) in [6.45, 7) is 1.85. The van der Waals surface area contributed by atoms with E-state index < -0.39 is 0 Å². The third kappa shape index (κ3) is 2.65. The van der Waals surface area contributed by atoms with Gasteiger partial charge in [-0.05, 0) is 43.2 Å². The number of carbonyl (C=O) groups is 1. The van der Waals surface area contributed by atoms with Crippen molar-refractivity contribution in [2.24, 2.45) is 5.41 Å². The molecule has 1 amide bonds. The highest BCUT2D eigenvalue weighted by atomic mass is 16.2. The van der Waals surface area contributed by atoms with E-state index in [4.69, 9.17) is 0 Å². The fourth-order valence-corrected chi connectivity index (χ4v) is 3.74. The van der Waals surface area contributed by atoms with E-state index >= 15 is 0 Å². The van der Waals surface area contributed by atoms with Gasteiger partial charge in [-0.15, -0.1) is 0 Å². The quantitative estimate of drug-likeness (QED) is 0.774. The first-order valence-corrected chi connectivity index (χ1v) is 7.49. The number of likely N-dealkylation sites (tertiary alicyclic amines) is 1. The van der Waals surface area contributed by atoms with E-state index in [9.17, 15) is 4.79 Å². The van der Waals surface area contributed by atoms with Crippen LogP contribution in [0.5, 0.6) is 0 Å². The van der Waals surface area contributed by atoms with Crippen LogP contribution in [0, 0.1) is 5.41 Å². The number of aromatic nitrogens is 1. The van der Waals surface area contributed by atoms with Gasteiger partial charge < -0.3 is 4.90 Å². The first kappa shape index (κ1) is 12.6. The molecular weight excluding hydrogens is 236 g/mol. The molecule has 0 radical (unpaired) electrons. The predicted octanol–water partition coefficient (Wildman–Crippen LogP) is 3.27. The SMILES string of the molecule is O=C(c1ccccn1)N1CCCC2(CCCCC2)C1. The van der Waals surface area contributed by atoms with E-state index in [0.29, 0.717) is 11.1 Å². The molecule has 19 heavy (non-hydrogen) atoms. The minimum absolute atomic E-state index is 0.116. The lowest BCUT2D eigenvalue weighted by atomic mass is 9.69. The zero-order valence-electron chi connectivity index (χ0n) is 11.5. The van der Waals surface area contributed by atoms with Crippen LogP contribution in [0.2, 0.25) is 0 Å². The summed E-state index contributed by atoms with van der Waals surface area (Å²) < 4.78 is 0. The maximum absolute atomic E-state index is 12.5. The van der Waals surface area contributed by atoms with Gasteiger partial charge in [0.05, 0.1) is 0 Å². The first-order chi connectivity index (χ1) is 9.29. The van der Waals surface area contributed by atoms with Crippen LogP contribution in [-0.2, 0) is 0 Å². The first-order valence-electron chi connectivity index (χ1n) is 7.49. The third-order valence-electron chi connectivity index (χ3n) is 4.75. The Balaban J connectivity index is 1.73. The minimum atomic E-state index is 0.116. The average Bonchev–Trinajstić information content (AvgIpc) is 2.48. The standard InChI is InChI=1S/C16H22N2O/c19-15(14-7-2-5-11-17-14)18-12-6-10-16(13-18)8-3-1-4-9-16/h2,5,7,11H,1,3-4,6,8-10,12-13H2. The molecule has 0 N–H and O–H groups in total. The Labute approximate surface area is 115 Å². The monoisotopic (exact) mass is 258 g/mol. The summed E-state index contributed by atoms with van der Waals surface area (Å²) in [5, 5.41) is 0. The van der Waals surface area contributed by atoms with Gasteiger partial charge in [0.2, 0.25) is 0 Å². The summed E-state index contributed by atoms with van der Waals surface area (Å²) in [4.78, 5) is 18.7. The topological polar surface area (TPSA) is 33.2 Å². The van der Waals surface area contributed by atoms with Crippen molar-refractivity contribution >= 4 is 5.91 Å². The zero-order valence-corrected chi connectivity index (χ0v) is 11.5. The highest BCUT2D eigenvalue weighted by Gasteiger charge is 2.38. The zero-order chi connectivity index (χ0) is 13.1. The van der Waals surface area contributed by atoms with Crippen LogP contribution >= 0.6 is 0 Å². The molecule has 0 bridgehead atoms. The maximum Gasteiger partial charge on any atom is 0.272 e. The van der Waals surface area contributed by atoms with Crippen LogP contribution in [0.25, 0.3) is 0 Å². The summed E-state index contributed by atoms with van der Waals surface area (Å²) in [5.74, 6) is 0.116. The predicted molar refractivity (Wildman–Crippen MR) is 74.9 cm³/mol. The molecule has 1 aliphatic heterocycles. The lowest BCUT2D eigenvalue weighted by Gasteiger charge is -2.45. The van der Waals surface area contributed by atoms with Gasteiger partial charge in [0, 0.05) is 19.3 Å². The van der Waals surface area contributed by atoms with Crippen molar-refractivity contribution in [3.63, 3.8) is 0 Å². The van der Waals surface area contributed by atoms with Crippen LogP contribution in [0.15, 0.2) is 24.4 Å². The van der Waals surface area contributed by atoms with Gasteiger partial charge in [0.25, 0.3) is 5.91 Å². The lowest BCUT2D eigenvalue weighted by Crippen LogP contribution is -2.47. The van der Waals surface area contributed by atoms with Crippen LogP contribution in [0.4, 0.5) is 0 Å². The van der Waals surface area contributed by atoms with Crippen molar-refractivity contribution in [3.8, 4) is 0 Å². The number of nitrogens with zero attached hydrogens (tertiary/aromatic N) is 2. The van der Waals surface area contributed by atoms with Gasteiger partial charge in [0.15, 0.2) is 0 Å². The number of carbonyl (C=O) groups excluding carboxylic acids is 1. The second kappa shape index (κ2) is 5.32. The molecule has 2 aliphatic rings. The fourth-order valence-electron chi connectivity index (χ4n) is 3.74. The lowest BCUT2D eigenvalue weighted by molar-refractivity contribution is 0.0379. The molecule has 3 rings (SSSR count). The van der Waals surface area contributed by atoms with Gasteiger partial charge in [-0.25, -0.2) is 0 Å². The Morgan fingerprint density at radius 3 is 2.63 bits per heavy atom.